The van der Waals surface area contributed by atoms with E-state index in [0.29, 0.717) is 5.89 Å². The number of hydrogen-bond donors (Lipinski definition) is 2. The summed E-state index contributed by atoms with van der Waals surface area (Å²) in [6, 6.07) is 0.257. The molecule has 1 aromatic rings. The molecule has 2 rings (SSSR count). The highest BCUT2D eigenvalue weighted by Crippen LogP contribution is 2.20. The van der Waals surface area contributed by atoms with Crippen molar-refractivity contribution in [3.8, 4) is 0 Å². The van der Waals surface area contributed by atoms with Crippen molar-refractivity contribution in [3.63, 3.8) is 0 Å². The van der Waals surface area contributed by atoms with Gasteiger partial charge in [-0.3, -0.25) is 0 Å². The summed E-state index contributed by atoms with van der Waals surface area (Å²) in [5.74, 6) is 1.49. The Morgan fingerprint density at radius 2 is 2.24 bits per heavy atom. The molecule has 0 bridgehead atoms. The molecule has 1 aliphatic heterocycles. The van der Waals surface area contributed by atoms with Crippen LogP contribution in [-0.2, 0) is 6.42 Å². The van der Waals surface area contributed by atoms with Gasteiger partial charge < -0.3 is 14.9 Å². The Labute approximate surface area is 102 Å². The lowest BCUT2D eigenvalue weighted by atomic mass is 10.1. The average molecular weight is 239 g/mol. The lowest BCUT2D eigenvalue weighted by Gasteiger charge is -2.09. The van der Waals surface area contributed by atoms with E-state index in [1.165, 1.54) is 19.3 Å². The molecular weight excluding hydrogens is 218 g/mol. The maximum Gasteiger partial charge on any atom is 0.226 e. The van der Waals surface area contributed by atoms with E-state index in [1.807, 2.05) is 0 Å². The van der Waals surface area contributed by atoms with Gasteiger partial charge in [0.25, 0.3) is 0 Å². The van der Waals surface area contributed by atoms with Gasteiger partial charge in [-0.1, -0.05) is 18.0 Å². The fourth-order valence-electron chi connectivity index (χ4n) is 2.15. The highest BCUT2D eigenvalue weighted by Gasteiger charge is 2.19. The normalized spacial score (nSPS) is 21.4. The number of unbranched alkanes of at least 4 members (excludes halogenated alkanes) is 1. The van der Waals surface area contributed by atoms with Gasteiger partial charge in [-0.15, -0.1) is 0 Å². The predicted octanol–water partition coefficient (Wildman–Crippen LogP) is 1.59. The molecule has 1 fully saturated rings. The average Bonchev–Trinajstić information content (AvgIpc) is 2.64. The molecule has 2 heterocycles. The van der Waals surface area contributed by atoms with Crippen LogP contribution in [0.2, 0.25) is 0 Å². The number of nitrogens with one attached hydrogen (secondary N) is 1. The van der Waals surface area contributed by atoms with Gasteiger partial charge in [0.15, 0.2) is 5.82 Å². The van der Waals surface area contributed by atoms with E-state index >= 15 is 0 Å². The minimum absolute atomic E-state index is 0.227. The third kappa shape index (κ3) is 3.78. The van der Waals surface area contributed by atoms with E-state index in [9.17, 15) is 0 Å². The van der Waals surface area contributed by atoms with Crippen LogP contribution in [0.5, 0.6) is 0 Å². The molecule has 96 valence electrons. The van der Waals surface area contributed by atoms with Crippen LogP contribution in [0, 0.1) is 0 Å². The molecule has 0 aliphatic carbocycles. The van der Waals surface area contributed by atoms with Crippen molar-refractivity contribution in [2.75, 3.05) is 13.2 Å². The molecule has 0 radical (unpaired) electrons. The highest BCUT2D eigenvalue weighted by molar-refractivity contribution is 4.95. The quantitative estimate of drug-likeness (QED) is 0.763. The van der Waals surface area contributed by atoms with Crippen LogP contribution in [0.3, 0.4) is 0 Å². The number of nitrogens with zero attached hydrogens (tertiary/aromatic N) is 2. The third-order valence-corrected chi connectivity index (χ3v) is 3.15. The zero-order valence-electron chi connectivity index (χ0n) is 10.2. The largest absolute Gasteiger partial charge is 0.396 e. The summed E-state index contributed by atoms with van der Waals surface area (Å²) in [5.41, 5.74) is 0. The Hall–Kier alpha value is -0.940. The van der Waals surface area contributed by atoms with Crippen LogP contribution >= 0.6 is 0 Å². The Kier molecular flexibility index (Phi) is 4.94. The number of aryl methyl sites for hydroxylation is 1. The summed E-state index contributed by atoms with van der Waals surface area (Å²) >= 11 is 0. The van der Waals surface area contributed by atoms with Gasteiger partial charge in [-0.2, -0.15) is 4.98 Å². The van der Waals surface area contributed by atoms with Crippen LogP contribution in [0.4, 0.5) is 0 Å². The minimum Gasteiger partial charge on any atom is -0.396 e. The molecule has 1 unspecified atom stereocenters. The summed E-state index contributed by atoms with van der Waals surface area (Å²) in [6.07, 6.45) is 7.29. The molecule has 1 atom stereocenters. The van der Waals surface area contributed by atoms with E-state index < -0.39 is 0 Å². The van der Waals surface area contributed by atoms with Crippen molar-refractivity contribution >= 4 is 0 Å². The van der Waals surface area contributed by atoms with Crippen LogP contribution < -0.4 is 5.32 Å². The molecular formula is C12H21N3O2. The monoisotopic (exact) mass is 239 g/mol. The summed E-state index contributed by atoms with van der Waals surface area (Å²) in [6.45, 7) is 1.27. The Bertz CT molecular complexity index is 319. The van der Waals surface area contributed by atoms with Gasteiger partial charge in [0.05, 0.1) is 6.04 Å². The molecule has 1 aromatic heterocycles. The first-order valence-corrected chi connectivity index (χ1v) is 6.57. The molecule has 17 heavy (non-hydrogen) atoms. The molecule has 1 saturated heterocycles. The second-order valence-corrected chi connectivity index (χ2v) is 4.58. The third-order valence-electron chi connectivity index (χ3n) is 3.15. The molecule has 0 spiro atoms. The molecule has 1 aliphatic rings. The van der Waals surface area contributed by atoms with E-state index in [1.54, 1.807) is 0 Å². The summed E-state index contributed by atoms with van der Waals surface area (Å²) < 4.78 is 5.22. The van der Waals surface area contributed by atoms with Gasteiger partial charge in [-0.25, -0.2) is 0 Å². The van der Waals surface area contributed by atoms with Gasteiger partial charge in [0.2, 0.25) is 5.89 Å². The first-order valence-electron chi connectivity index (χ1n) is 6.57. The van der Waals surface area contributed by atoms with Crippen LogP contribution in [-0.4, -0.2) is 28.4 Å². The van der Waals surface area contributed by atoms with Gasteiger partial charge in [0.1, 0.15) is 0 Å². The van der Waals surface area contributed by atoms with Gasteiger partial charge >= 0.3 is 0 Å². The van der Waals surface area contributed by atoms with Crippen molar-refractivity contribution in [3.05, 3.63) is 11.7 Å². The Morgan fingerprint density at radius 3 is 3.12 bits per heavy atom. The fourth-order valence-corrected chi connectivity index (χ4v) is 2.15. The van der Waals surface area contributed by atoms with E-state index in [2.05, 4.69) is 15.5 Å². The minimum atomic E-state index is 0.227. The molecule has 5 heteroatoms. The zero-order chi connectivity index (χ0) is 11.9. The van der Waals surface area contributed by atoms with E-state index in [4.69, 9.17) is 9.63 Å². The second kappa shape index (κ2) is 6.71. The van der Waals surface area contributed by atoms with Crippen LogP contribution in [0.25, 0.3) is 0 Å². The van der Waals surface area contributed by atoms with Gasteiger partial charge in [-0.05, 0) is 32.2 Å². The second-order valence-electron chi connectivity index (χ2n) is 4.58. The number of aliphatic hydroxyl groups is 1. The maximum absolute atomic E-state index is 8.71. The van der Waals surface area contributed by atoms with Crippen LogP contribution in [0.1, 0.15) is 56.3 Å². The van der Waals surface area contributed by atoms with E-state index in [-0.39, 0.29) is 12.6 Å². The molecule has 5 nitrogen and oxygen atoms in total. The smallest absolute Gasteiger partial charge is 0.226 e. The zero-order valence-corrected chi connectivity index (χ0v) is 10.2. The van der Waals surface area contributed by atoms with Crippen molar-refractivity contribution in [1.29, 1.82) is 0 Å². The number of rotatable bonds is 5. The predicted molar refractivity (Wildman–Crippen MR) is 63.5 cm³/mol. The number of aromatic nitrogens is 2. The van der Waals surface area contributed by atoms with Crippen LogP contribution in [0.15, 0.2) is 4.52 Å². The van der Waals surface area contributed by atoms with Crippen molar-refractivity contribution < 1.29 is 9.63 Å². The summed E-state index contributed by atoms with van der Waals surface area (Å²) in [7, 11) is 0. The first kappa shape index (κ1) is 12.5. The van der Waals surface area contributed by atoms with Crippen molar-refractivity contribution in [2.45, 2.75) is 51.0 Å². The SMILES string of the molecule is OCCCCc1nc(C2CCCCCN2)no1. The molecule has 0 amide bonds. The van der Waals surface area contributed by atoms with Gasteiger partial charge in [0, 0.05) is 13.0 Å². The van der Waals surface area contributed by atoms with Crippen molar-refractivity contribution in [1.82, 2.24) is 15.5 Å². The number of hydrogen-bond acceptors (Lipinski definition) is 5. The molecule has 0 saturated carbocycles. The molecule has 2 N–H and O–H groups in total. The first-order chi connectivity index (χ1) is 8.40. The summed E-state index contributed by atoms with van der Waals surface area (Å²) in [5, 5.41) is 16.2. The number of aliphatic hydroxyl groups excluding tert-OH is 1. The van der Waals surface area contributed by atoms with E-state index in [0.717, 1.165) is 38.1 Å². The van der Waals surface area contributed by atoms with Crippen molar-refractivity contribution in [2.24, 2.45) is 0 Å². The topological polar surface area (TPSA) is 71.2 Å². The Balaban J connectivity index is 1.87. The fraction of sp³-hybridized carbons (Fsp3) is 0.833. The maximum atomic E-state index is 8.71. The summed E-state index contributed by atoms with van der Waals surface area (Å²) in [4.78, 5) is 4.43. The standard InChI is InChI=1S/C12H21N3O2/c16-9-5-3-7-11-14-12(15-17-11)10-6-2-1-4-8-13-10/h10,13,16H,1-9H2. The Morgan fingerprint density at radius 1 is 1.29 bits per heavy atom. The molecule has 0 aromatic carbocycles. The lowest BCUT2D eigenvalue weighted by molar-refractivity contribution is 0.280. The lowest BCUT2D eigenvalue weighted by Crippen LogP contribution is -2.21. The highest BCUT2D eigenvalue weighted by atomic mass is 16.5.